The summed E-state index contributed by atoms with van der Waals surface area (Å²) in [7, 11) is 1.15. The maximum atomic E-state index is 13.4. The summed E-state index contributed by atoms with van der Waals surface area (Å²) in [6.07, 6.45) is 0.139. The number of ether oxygens (including phenoxy) is 2. The molecule has 9 heteroatoms. The molecule has 0 radical (unpaired) electrons. The maximum absolute atomic E-state index is 13.4. The summed E-state index contributed by atoms with van der Waals surface area (Å²) in [6, 6.07) is 2.62. The first kappa shape index (κ1) is 23.0. The molecular weight excluding hydrogens is 425 g/mol. The van der Waals surface area contributed by atoms with Gasteiger partial charge in [0.1, 0.15) is 0 Å². The minimum absolute atomic E-state index is 0.0102. The van der Waals surface area contributed by atoms with Gasteiger partial charge in [-0.25, -0.2) is 4.79 Å². The van der Waals surface area contributed by atoms with E-state index in [1.165, 1.54) is 0 Å². The number of carbonyl (C=O) groups is 2. The van der Waals surface area contributed by atoms with E-state index in [-0.39, 0.29) is 30.0 Å². The highest BCUT2D eigenvalue weighted by molar-refractivity contribution is 5.92. The number of hydrogen-bond donors (Lipinski definition) is 1. The summed E-state index contributed by atoms with van der Waals surface area (Å²) in [5, 5.41) is 3.64. The highest BCUT2D eigenvalue weighted by Gasteiger charge is 2.37. The fourth-order valence-electron chi connectivity index (χ4n) is 5.16. The van der Waals surface area contributed by atoms with Gasteiger partial charge in [-0.05, 0) is 61.8 Å². The monoisotopic (exact) mass is 454 g/mol. The van der Waals surface area contributed by atoms with Gasteiger partial charge in [0.15, 0.2) is 0 Å². The van der Waals surface area contributed by atoms with Gasteiger partial charge in [0, 0.05) is 44.3 Å². The molecular formula is C23H29F3N2O4. The van der Waals surface area contributed by atoms with Gasteiger partial charge in [0.2, 0.25) is 5.91 Å². The van der Waals surface area contributed by atoms with Crippen molar-refractivity contribution < 1.29 is 32.2 Å². The number of hydrogen-bond acceptors (Lipinski definition) is 5. The normalized spacial score (nSPS) is 24.3. The van der Waals surface area contributed by atoms with Crippen LogP contribution in [0.4, 0.5) is 13.2 Å². The molecule has 1 aromatic rings. The smallest absolute Gasteiger partial charge is 0.416 e. The summed E-state index contributed by atoms with van der Waals surface area (Å²) in [6.45, 7) is 1.98. The van der Waals surface area contributed by atoms with Gasteiger partial charge < -0.3 is 19.7 Å². The van der Waals surface area contributed by atoms with Crippen LogP contribution >= 0.6 is 0 Å². The summed E-state index contributed by atoms with van der Waals surface area (Å²) in [4.78, 5) is 26.9. The molecule has 3 aliphatic rings. The molecule has 6 nitrogen and oxygen atoms in total. The first-order valence-corrected chi connectivity index (χ1v) is 11.2. The predicted octanol–water partition coefficient (Wildman–Crippen LogP) is 3.31. The van der Waals surface area contributed by atoms with Crippen LogP contribution in [0.5, 0.6) is 0 Å². The molecule has 32 heavy (non-hydrogen) atoms. The summed E-state index contributed by atoms with van der Waals surface area (Å²) >= 11 is 0. The molecule has 1 aliphatic carbocycles. The Morgan fingerprint density at radius 3 is 2.56 bits per heavy atom. The van der Waals surface area contributed by atoms with Gasteiger partial charge in [0.25, 0.3) is 0 Å². The van der Waals surface area contributed by atoms with Crippen LogP contribution in [-0.4, -0.2) is 55.7 Å². The van der Waals surface area contributed by atoms with Crippen LogP contribution in [0.2, 0.25) is 0 Å². The lowest BCUT2D eigenvalue weighted by Crippen LogP contribution is -2.42. The second kappa shape index (κ2) is 9.39. The van der Waals surface area contributed by atoms with E-state index in [9.17, 15) is 22.8 Å². The number of alkyl halides is 3. The van der Waals surface area contributed by atoms with E-state index in [0.717, 1.165) is 64.6 Å². The van der Waals surface area contributed by atoms with Crippen LogP contribution < -0.4 is 5.32 Å². The molecule has 1 aromatic carbocycles. The van der Waals surface area contributed by atoms with E-state index in [0.29, 0.717) is 30.1 Å². The Labute approximate surface area is 185 Å². The number of nitrogens with zero attached hydrogens (tertiary/aromatic N) is 1. The highest BCUT2D eigenvalue weighted by atomic mass is 19.4. The first-order chi connectivity index (χ1) is 15.3. The lowest BCUT2D eigenvalue weighted by atomic mass is 9.91. The molecule has 2 heterocycles. The van der Waals surface area contributed by atoms with Crippen molar-refractivity contribution in [3.8, 4) is 0 Å². The number of nitrogens with one attached hydrogen (secondary N) is 1. The van der Waals surface area contributed by atoms with Crippen molar-refractivity contribution in [2.45, 2.75) is 63.3 Å². The zero-order chi connectivity index (χ0) is 22.9. The molecule has 0 bridgehead atoms. The molecule has 2 unspecified atom stereocenters. The quantitative estimate of drug-likeness (QED) is 0.707. The molecule has 4 rings (SSSR count). The van der Waals surface area contributed by atoms with Crippen molar-refractivity contribution in [3.63, 3.8) is 0 Å². The molecule has 1 N–H and O–H groups in total. The standard InChI is InChI=1S/C23H29F3N2O4/c1-31-22(30)20-12-16(23(24,25)26)10-15-13-28(7-4-19(15)20)21(29)14-2-3-18(11-14)27-17-5-8-32-9-6-17/h10,12,14,17-18,27H,2-9,11,13H2,1H3. The number of amides is 1. The SMILES string of the molecule is COC(=O)c1cc(C(F)(F)F)cc2c1CCN(C(=O)C1CCC(NC3CCOCC3)C1)C2. The van der Waals surface area contributed by atoms with Gasteiger partial charge in [-0.3, -0.25) is 4.79 Å². The van der Waals surface area contributed by atoms with E-state index in [1.54, 1.807) is 4.90 Å². The van der Waals surface area contributed by atoms with Gasteiger partial charge in [-0.1, -0.05) is 0 Å². The molecule has 176 valence electrons. The van der Waals surface area contributed by atoms with Crippen LogP contribution in [0, 0.1) is 5.92 Å². The Bertz CT molecular complexity index is 868. The molecule has 2 aliphatic heterocycles. The van der Waals surface area contributed by atoms with Crippen LogP contribution in [-0.2, 0) is 33.4 Å². The first-order valence-electron chi connectivity index (χ1n) is 11.2. The van der Waals surface area contributed by atoms with E-state index < -0.39 is 17.7 Å². The van der Waals surface area contributed by atoms with Crippen molar-refractivity contribution in [2.75, 3.05) is 26.9 Å². The third-order valence-electron chi connectivity index (χ3n) is 6.85. The lowest BCUT2D eigenvalue weighted by molar-refractivity contribution is -0.137. The predicted molar refractivity (Wildman–Crippen MR) is 110 cm³/mol. The number of rotatable bonds is 4. The molecule has 1 amide bonds. The van der Waals surface area contributed by atoms with Crippen LogP contribution in [0.25, 0.3) is 0 Å². The molecule has 2 atom stereocenters. The number of methoxy groups -OCH3 is 1. The summed E-state index contributed by atoms with van der Waals surface area (Å²) in [5.74, 6) is -0.923. The topological polar surface area (TPSA) is 67.9 Å². The fourth-order valence-corrected chi connectivity index (χ4v) is 5.16. The number of benzene rings is 1. The third-order valence-corrected chi connectivity index (χ3v) is 6.85. The Balaban J connectivity index is 1.45. The summed E-state index contributed by atoms with van der Waals surface area (Å²) < 4.78 is 50.3. The zero-order valence-corrected chi connectivity index (χ0v) is 18.2. The largest absolute Gasteiger partial charge is 0.465 e. The van der Waals surface area contributed by atoms with Crippen molar-refractivity contribution in [3.05, 3.63) is 34.4 Å². The second-order valence-electron chi connectivity index (χ2n) is 8.92. The van der Waals surface area contributed by atoms with Crippen LogP contribution in [0.3, 0.4) is 0 Å². The Kier molecular flexibility index (Phi) is 6.76. The molecule has 1 saturated heterocycles. The zero-order valence-electron chi connectivity index (χ0n) is 18.2. The van der Waals surface area contributed by atoms with E-state index in [4.69, 9.17) is 9.47 Å². The van der Waals surface area contributed by atoms with E-state index >= 15 is 0 Å². The third kappa shape index (κ3) is 4.93. The Morgan fingerprint density at radius 1 is 1.12 bits per heavy atom. The number of halogens is 3. The minimum Gasteiger partial charge on any atom is -0.465 e. The molecule has 1 saturated carbocycles. The number of fused-ring (bicyclic) bond motifs is 1. The van der Waals surface area contributed by atoms with Crippen molar-refractivity contribution in [1.82, 2.24) is 10.2 Å². The van der Waals surface area contributed by atoms with Crippen LogP contribution in [0.15, 0.2) is 12.1 Å². The van der Waals surface area contributed by atoms with Crippen molar-refractivity contribution in [1.29, 1.82) is 0 Å². The molecule has 0 spiro atoms. The highest BCUT2D eigenvalue weighted by Crippen LogP contribution is 2.36. The minimum atomic E-state index is -4.58. The average molecular weight is 454 g/mol. The van der Waals surface area contributed by atoms with Gasteiger partial charge in [-0.2, -0.15) is 13.2 Å². The molecule has 2 fully saturated rings. The van der Waals surface area contributed by atoms with Crippen molar-refractivity contribution in [2.24, 2.45) is 5.92 Å². The number of esters is 1. The Morgan fingerprint density at radius 2 is 1.88 bits per heavy atom. The average Bonchev–Trinajstić information content (AvgIpc) is 3.25. The molecule has 0 aromatic heterocycles. The fraction of sp³-hybridized carbons (Fsp3) is 0.652. The lowest BCUT2D eigenvalue weighted by Gasteiger charge is -2.32. The van der Waals surface area contributed by atoms with Crippen molar-refractivity contribution >= 4 is 11.9 Å². The van der Waals surface area contributed by atoms with E-state index in [2.05, 4.69) is 5.32 Å². The van der Waals surface area contributed by atoms with Gasteiger partial charge >= 0.3 is 12.1 Å². The Hall–Kier alpha value is -2.13. The van der Waals surface area contributed by atoms with Gasteiger partial charge in [0.05, 0.1) is 18.2 Å². The second-order valence-corrected chi connectivity index (χ2v) is 8.92. The summed E-state index contributed by atoms with van der Waals surface area (Å²) in [5.41, 5.74) is -0.0485. The van der Waals surface area contributed by atoms with Crippen LogP contribution in [0.1, 0.15) is 59.2 Å². The van der Waals surface area contributed by atoms with E-state index in [1.807, 2.05) is 0 Å². The number of carbonyl (C=O) groups excluding carboxylic acids is 2. The maximum Gasteiger partial charge on any atom is 0.416 e. The van der Waals surface area contributed by atoms with Gasteiger partial charge in [-0.15, -0.1) is 0 Å².